The quantitative estimate of drug-likeness (QED) is 0.690. The third-order valence-corrected chi connectivity index (χ3v) is 4.75. The lowest BCUT2D eigenvalue weighted by Crippen LogP contribution is -2.38. The molecule has 1 unspecified atom stereocenters. The van der Waals surface area contributed by atoms with E-state index in [2.05, 4.69) is 21.5 Å². The average Bonchev–Trinajstić information content (AvgIpc) is 3.20. The van der Waals surface area contributed by atoms with E-state index in [1.165, 1.54) is 0 Å². The number of H-pyrrole nitrogens is 1. The highest BCUT2D eigenvalue weighted by molar-refractivity contribution is 6.45. The molecule has 8 heteroatoms. The minimum absolute atomic E-state index is 0.342. The van der Waals surface area contributed by atoms with E-state index in [0.29, 0.717) is 22.0 Å². The van der Waals surface area contributed by atoms with Crippen molar-refractivity contribution < 1.29 is 4.74 Å². The largest absolute Gasteiger partial charge is 0.495 e. The van der Waals surface area contributed by atoms with Gasteiger partial charge in [0.15, 0.2) is 6.17 Å². The fraction of sp³-hybridized carbons (Fsp3) is 0.278. The van der Waals surface area contributed by atoms with E-state index in [4.69, 9.17) is 21.3 Å². The molecule has 0 bridgehead atoms. The lowest BCUT2D eigenvalue weighted by Gasteiger charge is -2.18. The molecule has 2 N–H and O–H groups in total. The van der Waals surface area contributed by atoms with Crippen LogP contribution in [0.5, 0.6) is 5.75 Å². The second-order valence-electron chi connectivity index (χ2n) is 6.08. The summed E-state index contributed by atoms with van der Waals surface area (Å²) >= 11 is 6.58. The Bertz CT molecular complexity index is 1180. The number of nitrogens with zero attached hydrogens (tertiary/aromatic N) is 4. The highest BCUT2D eigenvalue weighted by atomic mass is 35.5. The van der Waals surface area contributed by atoms with Gasteiger partial charge in [0.2, 0.25) is 0 Å². The minimum Gasteiger partial charge on any atom is -0.495 e. The maximum absolute atomic E-state index is 9.27. The molecule has 1 atom stereocenters. The Morgan fingerprint density at radius 3 is 2.88 bits per heavy atom. The van der Waals surface area contributed by atoms with Gasteiger partial charge in [-0.05, 0) is 26.0 Å². The van der Waals surface area contributed by atoms with E-state index < -0.39 is 0 Å². The number of rotatable bonds is 3. The second-order valence-corrected chi connectivity index (χ2v) is 6.46. The molecule has 0 saturated carbocycles. The van der Waals surface area contributed by atoms with E-state index in [0.717, 1.165) is 34.1 Å². The van der Waals surface area contributed by atoms with Crippen LogP contribution in [0.3, 0.4) is 0 Å². The molecule has 0 amide bonds. The molecule has 4 rings (SSSR count). The van der Waals surface area contributed by atoms with Crippen LogP contribution in [-0.2, 0) is 6.54 Å². The Morgan fingerprint density at radius 2 is 2.19 bits per heavy atom. The Morgan fingerprint density at radius 1 is 1.38 bits per heavy atom. The van der Waals surface area contributed by atoms with Crippen molar-refractivity contribution >= 4 is 27.7 Å². The van der Waals surface area contributed by atoms with Crippen LogP contribution in [0, 0.1) is 18.3 Å². The third kappa shape index (κ3) is 2.42. The molecule has 3 heterocycles. The highest BCUT2D eigenvalue weighted by Crippen LogP contribution is 2.25. The van der Waals surface area contributed by atoms with Crippen molar-refractivity contribution in [3.05, 3.63) is 45.9 Å². The molecule has 0 spiro atoms. The fourth-order valence-electron chi connectivity index (χ4n) is 3.33. The van der Waals surface area contributed by atoms with Crippen molar-refractivity contribution in [2.45, 2.75) is 26.6 Å². The zero-order valence-electron chi connectivity index (χ0n) is 14.6. The lowest BCUT2D eigenvalue weighted by molar-refractivity contribution is 0.419. The standard InChI is InChI=1S/C18H17ClN6O/c1-4-25-12(5-9(2)24-25)17-22-16(19)14-11-6-10(8-20)7-13(26-3)15(11)21-18(14)23-17/h5-7,17,22H,4H2,1-3H3,(H,21,23). The summed E-state index contributed by atoms with van der Waals surface area (Å²) in [5.41, 5.74) is 3.79. The molecule has 132 valence electrons. The van der Waals surface area contributed by atoms with Gasteiger partial charge in [-0.15, -0.1) is 0 Å². The SMILES string of the molecule is CCn1nc(C)cc1C1N=c2[nH]c3c(OC)cc(C#N)cc3c2=C(Cl)N1. The maximum atomic E-state index is 9.27. The minimum atomic E-state index is -0.342. The first kappa shape index (κ1) is 16.5. The first-order valence-corrected chi connectivity index (χ1v) is 8.61. The Labute approximate surface area is 154 Å². The number of nitriles is 1. The van der Waals surface area contributed by atoms with Gasteiger partial charge in [-0.2, -0.15) is 10.4 Å². The number of aromatic nitrogens is 3. The molecule has 0 aliphatic carbocycles. The zero-order chi connectivity index (χ0) is 18.4. The summed E-state index contributed by atoms with van der Waals surface area (Å²) in [6.07, 6.45) is -0.342. The van der Waals surface area contributed by atoms with Crippen LogP contribution >= 0.6 is 11.6 Å². The van der Waals surface area contributed by atoms with Gasteiger partial charge in [0.05, 0.1) is 40.9 Å². The number of hydrogen-bond donors (Lipinski definition) is 2. The van der Waals surface area contributed by atoms with Crippen molar-refractivity contribution in [3.8, 4) is 11.8 Å². The number of aryl methyl sites for hydroxylation is 2. The number of fused-ring (bicyclic) bond motifs is 3. The monoisotopic (exact) mass is 368 g/mol. The number of aromatic amines is 1. The molecular formula is C18H17ClN6O. The van der Waals surface area contributed by atoms with Gasteiger partial charge in [0.25, 0.3) is 0 Å². The lowest BCUT2D eigenvalue weighted by atomic mass is 10.1. The number of halogens is 1. The second kappa shape index (κ2) is 6.07. The van der Waals surface area contributed by atoms with Gasteiger partial charge in [-0.1, -0.05) is 11.6 Å². The number of benzene rings is 1. The number of ether oxygens (including phenoxy) is 1. The Hall–Kier alpha value is -2.98. The molecule has 1 aliphatic heterocycles. The van der Waals surface area contributed by atoms with Crippen LogP contribution in [0.4, 0.5) is 0 Å². The van der Waals surface area contributed by atoms with E-state index in [1.54, 1.807) is 19.2 Å². The summed E-state index contributed by atoms with van der Waals surface area (Å²) in [6, 6.07) is 7.62. The van der Waals surface area contributed by atoms with Crippen LogP contribution in [-0.4, -0.2) is 21.9 Å². The summed E-state index contributed by atoms with van der Waals surface area (Å²) in [7, 11) is 1.57. The van der Waals surface area contributed by atoms with E-state index >= 15 is 0 Å². The van der Waals surface area contributed by atoms with Gasteiger partial charge < -0.3 is 15.0 Å². The van der Waals surface area contributed by atoms with Crippen molar-refractivity contribution in [2.24, 2.45) is 4.99 Å². The van der Waals surface area contributed by atoms with Gasteiger partial charge in [0, 0.05) is 18.0 Å². The topological polar surface area (TPSA) is 91.0 Å². The van der Waals surface area contributed by atoms with Crippen LogP contribution in [0.15, 0.2) is 23.2 Å². The molecule has 1 aromatic carbocycles. The molecule has 3 aromatic rings. The predicted octanol–water partition coefficient (Wildman–Crippen LogP) is 1.80. The zero-order valence-corrected chi connectivity index (χ0v) is 15.3. The predicted molar refractivity (Wildman–Crippen MR) is 98.1 cm³/mol. The molecule has 26 heavy (non-hydrogen) atoms. The summed E-state index contributed by atoms with van der Waals surface area (Å²) in [4.78, 5) is 8.07. The highest BCUT2D eigenvalue weighted by Gasteiger charge is 2.22. The Kier molecular flexibility index (Phi) is 3.85. The molecule has 0 saturated heterocycles. The van der Waals surface area contributed by atoms with Gasteiger partial charge in [-0.3, -0.25) is 4.68 Å². The fourth-order valence-corrected chi connectivity index (χ4v) is 3.62. The van der Waals surface area contributed by atoms with Gasteiger partial charge in [0.1, 0.15) is 16.4 Å². The normalized spacial score (nSPS) is 16.0. The molecule has 0 radical (unpaired) electrons. The van der Waals surface area contributed by atoms with Crippen LogP contribution < -0.4 is 20.8 Å². The molecule has 7 nitrogen and oxygen atoms in total. The molecule has 2 aromatic heterocycles. The average molecular weight is 369 g/mol. The van der Waals surface area contributed by atoms with Crippen molar-refractivity contribution in [2.75, 3.05) is 7.11 Å². The maximum Gasteiger partial charge on any atom is 0.164 e. The van der Waals surface area contributed by atoms with Crippen LogP contribution in [0.1, 0.15) is 30.0 Å². The summed E-state index contributed by atoms with van der Waals surface area (Å²) in [6.45, 7) is 4.73. The molecule has 1 aliphatic rings. The van der Waals surface area contributed by atoms with E-state index in [-0.39, 0.29) is 6.17 Å². The summed E-state index contributed by atoms with van der Waals surface area (Å²) in [5.74, 6) is 0.583. The van der Waals surface area contributed by atoms with Crippen molar-refractivity contribution in [1.29, 1.82) is 5.26 Å². The van der Waals surface area contributed by atoms with Crippen molar-refractivity contribution in [3.63, 3.8) is 0 Å². The number of hydrogen-bond acceptors (Lipinski definition) is 5. The van der Waals surface area contributed by atoms with Crippen LogP contribution in [0.2, 0.25) is 0 Å². The molecule has 0 fully saturated rings. The first-order chi connectivity index (χ1) is 12.5. The van der Waals surface area contributed by atoms with Crippen LogP contribution in [0.25, 0.3) is 16.1 Å². The summed E-state index contributed by atoms with van der Waals surface area (Å²) in [5, 5.41) is 19.0. The summed E-state index contributed by atoms with van der Waals surface area (Å²) < 4.78 is 7.33. The first-order valence-electron chi connectivity index (χ1n) is 8.24. The van der Waals surface area contributed by atoms with E-state index in [1.807, 2.05) is 24.6 Å². The number of nitrogens with one attached hydrogen (secondary N) is 2. The number of methoxy groups -OCH3 is 1. The van der Waals surface area contributed by atoms with Crippen molar-refractivity contribution in [1.82, 2.24) is 20.1 Å². The third-order valence-electron chi connectivity index (χ3n) is 4.45. The Balaban J connectivity index is 1.98. The smallest absolute Gasteiger partial charge is 0.164 e. The van der Waals surface area contributed by atoms with Gasteiger partial charge >= 0.3 is 0 Å². The van der Waals surface area contributed by atoms with E-state index in [9.17, 15) is 5.26 Å². The van der Waals surface area contributed by atoms with Gasteiger partial charge in [-0.25, -0.2) is 4.99 Å². The molecular weight excluding hydrogens is 352 g/mol.